The van der Waals surface area contributed by atoms with Crippen LogP contribution in [0.15, 0.2) is 16.7 Å². The largest absolute Gasteiger partial charge is 0.480 e. The lowest BCUT2D eigenvalue weighted by Crippen LogP contribution is -2.36. The number of rotatable bonds is 3. The molecule has 6 heteroatoms. The zero-order valence-corrected chi connectivity index (χ0v) is 9.84. The molecule has 1 N–H and O–H groups in total. The second kappa shape index (κ2) is 4.04. The SMILES string of the molecule is Cc1noc2nc(N(C)C(C)C(=O)O)ccc12. The van der Waals surface area contributed by atoms with Crippen LogP contribution in [0.5, 0.6) is 0 Å². The van der Waals surface area contributed by atoms with Crippen molar-refractivity contribution in [3.05, 3.63) is 17.8 Å². The van der Waals surface area contributed by atoms with E-state index in [0.717, 1.165) is 11.1 Å². The first-order chi connectivity index (χ1) is 8.00. The van der Waals surface area contributed by atoms with Gasteiger partial charge < -0.3 is 14.5 Å². The predicted molar refractivity (Wildman–Crippen MR) is 62.0 cm³/mol. The first kappa shape index (κ1) is 11.4. The van der Waals surface area contributed by atoms with E-state index in [-0.39, 0.29) is 0 Å². The molecule has 0 aliphatic carbocycles. The molecule has 0 amide bonds. The standard InChI is InChI=1S/C11H13N3O3/c1-6-8-4-5-9(12-10(8)17-13-6)14(3)7(2)11(15)16/h4-5,7H,1-3H3,(H,15,16). The summed E-state index contributed by atoms with van der Waals surface area (Å²) in [5.41, 5.74) is 1.19. The van der Waals surface area contributed by atoms with E-state index < -0.39 is 12.0 Å². The number of hydrogen-bond acceptors (Lipinski definition) is 5. The van der Waals surface area contributed by atoms with Crippen LogP contribution >= 0.6 is 0 Å². The summed E-state index contributed by atoms with van der Waals surface area (Å²) < 4.78 is 5.04. The summed E-state index contributed by atoms with van der Waals surface area (Å²) >= 11 is 0. The van der Waals surface area contributed by atoms with Crippen LogP contribution in [0.1, 0.15) is 12.6 Å². The van der Waals surface area contributed by atoms with E-state index in [4.69, 9.17) is 9.63 Å². The number of anilines is 1. The molecule has 0 aliphatic heterocycles. The zero-order chi connectivity index (χ0) is 12.6. The Balaban J connectivity index is 2.39. The highest BCUT2D eigenvalue weighted by atomic mass is 16.5. The van der Waals surface area contributed by atoms with E-state index >= 15 is 0 Å². The van der Waals surface area contributed by atoms with Gasteiger partial charge >= 0.3 is 5.97 Å². The Bertz CT molecular complexity index is 564. The van der Waals surface area contributed by atoms with E-state index in [9.17, 15) is 4.79 Å². The Morgan fingerprint density at radius 1 is 1.53 bits per heavy atom. The second-order valence-electron chi connectivity index (χ2n) is 3.92. The quantitative estimate of drug-likeness (QED) is 0.867. The lowest BCUT2D eigenvalue weighted by molar-refractivity contribution is -0.138. The van der Waals surface area contributed by atoms with Crippen LogP contribution in [0, 0.1) is 6.92 Å². The molecule has 2 heterocycles. The summed E-state index contributed by atoms with van der Waals surface area (Å²) in [5, 5.41) is 13.6. The molecule has 0 fully saturated rings. The third-order valence-corrected chi connectivity index (χ3v) is 2.80. The summed E-state index contributed by atoms with van der Waals surface area (Å²) in [7, 11) is 1.68. The van der Waals surface area contributed by atoms with E-state index in [0.29, 0.717) is 11.5 Å². The zero-order valence-electron chi connectivity index (χ0n) is 9.84. The summed E-state index contributed by atoms with van der Waals surface area (Å²) in [4.78, 5) is 16.7. The molecule has 0 saturated heterocycles. The van der Waals surface area contributed by atoms with Gasteiger partial charge in [-0.25, -0.2) is 4.79 Å². The predicted octanol–water partition coefficient (Wildman–Crippen LogP) is 1.44. The van der Waals surface area contributed by atoms with Gasteiger partial charge in [-0.2, -0.15) is 4.98 Å². The van der Waals surface area contributed by atoms with E-state index in [1.54, 1.807) is 24.9 Å². The second-order valence-corrected chi connectivity index (χ2v) is 3.92. The van der Waals surface area contributed by atoms with Gasteiger partial charge in [0.1, 0.15) is 11.9 Å². The molecule has 17 heavy (non-hydrogen) atoms. The Kier molecular flexibility index (Phi) is 2.71. The van der Waals surface area contributed by atoms with Crippen LogP contribution in [0.4, 0.5) is 5.82 Å². The number of aryl methyl sites for hydroxylation is 1. The summed E-state index contributed by atoms with van der Waals surface area (Å²) in [5.74, 6) is -0.355. The minimum absolute atomic E-state index is 0.421. The summed E-state index contributed by atoms with van der Waals surface area (Å²) in [6.07, 6.45) is 0. The average Bonchev–Trinajstić information content (AvgIpc) is 2.68. The van der Waals surface area contributed by atoms with Crippen LogP contribution < -0.4 is 4.90 Å². The van der Waals surface area contributed by atoms with Crippen LogP contribution in [0.25, 0.3) is 11.1 Å². The average molecular weight is 235 g/mol. The highest BCUT2D eigenvalue weighted by molar-refractivity contribution is 5.80. The monoisotopic (exact) mass is 235 g/mol. The molecule has 2 rings (SSSR count). The van der Waals surface area contributed by atoms with Gasteiger partial charge in [-0.05, 0) is 26.0 Å². The maximum Gasteiger partial charge on any atom is 0.326 e. The lowest BCUT2D eigenvalue weighted by Gasteiger charge is -2.21. The molecule has 0 aromatic carbocycles. The minimum atomic E-state index is -0.900. The van der Waals surface area contributed by atoms with Crippen molar-refractivity contribution in [1.82, 2.24) is 10.1 Å². The summed E-state index contributed by atoms with van der Waals surface area (Å²) in [6.45, 7) is 3.43. The number of hydrogen-bond donors (Lipinski definition) is 1. The van der Waals surface area contributed by atoms with Crippen molar-refractivity contribution < 1.29 is 14.4 Å². The Morgan fingerprint density at radius 2 is 2.24 bits per heavy atom. The van der Waals surface area contributed by atoms with Crippen molar-refractivity contribution in [2.45, 2.75) is 19.9 Å². The molecule has 90 valence electrons. The van der Waals surface area contributed by atoms with Crippen molar-refractivity contribution in [3.8, 4) is 0 Å². The van der Waals surface area contributed by atoms with Crippen LogP contribution in [-0.2, 0) is 4.79 Å². The highest BCUT2D eigenvalue weighted by Crippen LogP contribution is 2.20. The van der Waals surface area contributed by atoms with E-state index in [2.05, 4.69) is 10.1 Å². The molecule has 2 aromatic rings. The Morgan fingerprint density at radius 3 is 2.88 bits per heavy atom. The lowest BCUT2D eigenvalue weighted by atomic mass is 10.2. The molecule has 2 aromatic heterocycles. The number of carbonyl (C=O) groups is 1. The molecule has 0 radical (unpaired) electrons. The first-order valence-corrected chi connectivity index (χ1v) is 5.19. The smallest absolute Gasteiger partial charge is 0.326 e. The number of aliphatic carboxylic acids is 1. The van der Waals surface area contributed by atoms with Crippen LogP contribution in [-0.4, -0.2) is 34.3 Å². The molecule has 0 bridgehead atoms. The molecular weight excluding hydrogens is 222 g/mol. The number of fused-ring (bicyclic) bond motifs is 1. The number of nitrogens with zero attached hydrogens (tertiary/aromatic N) is 3. The number of pyridine rings is 1. The fourth-order valence-electron chi connectivity index (χ4n) is 1.50. The van der Waals surface area contributed by atoms with Crippen molar-refractivity contribution in [2.75, 3.05) is 11.9 Å². The molecule has 0 saturated carbocycles. The third-order valence-electron chi connectivity index (χ3n) is 2.80. The van der Waals surface area contributed by atoms with E-state index in [1.165, 1.54) is 0 Å². The topological polar surface area (TPSA) is 79.5 Å². The molecule has 1 atom stereocenters. The Hall–Kier alpha value is -2.11. The molecular formula is C11H13N3O3. The molecule has 0 aliphatic rings. The van der Waals surface area contributed by atoms with Gasteiger partial charge in [-0.1, -0.05) is 5.16 Å². The maximum absolute atomic E-state index is 10.9. The van der Waals surface area contributed by atoms with Gasteiger partial charge in [0.05, 0.1) is 11.1 Å². The number of carboxylic acid groups (broad SMARTS) is 1. The molecule has 1 unspecified atom stereocenters. The van der Waals surface area contributed by atoms with Crippen molar-refractivity contribution in [2.24, 2.45) is 0 Å². The fourth-order valence-corrected chi connectivity index (χ4v) is 1.50. The number of aromatic nitrogens is 2. The van der Waals surface area contributed by atoms with Crippen LogP contribution in [0.2, 0.25) is 0 Å². The third kappa shape index (κ3) is 1.93. The van der Waals surface area contributed by atoms with Gasteiger partial charge in [0.15, 0.2) is 0 Å². The van der Waals surface area contributed by atoms with Crippen molar-refractivity contribution >= 4 is 22.9 Å². The van der Waals surface area contributed by atoms with Gasteiger partial charge in [-0.3, -0.25) is 0 Å². The maximum atomic E-state index is 10.9. The van der Waals surface area contributed by atoms with Gasteiger partial charge in [-0.15, -0.1) is 0 Å². The first-order valence-electron chi connectivity index (χ1n) is 5.19. The number of likely N-dealkylation sites (N-methyl/N-ethyl adjacent to an activating group) is 1. The molecule has 0 spiro atoms. The van der Waals surface area contributed by atoms with E-state index in [1.807, 2.05) is 13.0 Å². The summed E-state index contributed by atoms with van der Waals surface area (Å²) in [6, 6.07) is 2.93. The molecule has 6 nitrogen and oxygen atoms in total. The van der Waals surface area contributed by atoms with Crippen molar-refractivity contribution in [3.63, 3.8) is 0 Å². The van der Waals surface area contributed by atoms with Crippen molar-refractivity contribution in [1.29, 1.82) is 0 Å². The van der Waals surface area contributed by atoms with Gasteiger partial charge in [0.2, 0.25) is 0 Å². The van der Waals surface area contributed by atoms with Crippen LogP contribution in [0.3, 0.4) is 0 Å². The number of carboxylic acids is 1. The minimum Gasteiger partial charge on any atom is -0.480 e. The Labute approximate surface area is 97.8 Å². The fraction of sp³-hybridized carbons (Fsp3) is 0.364. The highest BCUT2D eigenvalue weighted by Gasteiger charge is 2.19. The van der Waals surface area contributed by atoms with Gasteiger partial charge in [0.25, 0.3) is 5.71 Å². The normalized spacial score (nSPS) is 12.6. The van der Waals surface area contributed by atoms with Gasteiger partial charge in [0, 0.05) is 7.05 Å².